The number of ether oxygens (including phenoxy) is 1. The molecule has 0 aliphatic carbocycles. The van der Waals surface area contributed by atoms with Crippen molar-refractivity contribution in [1.29, 1.82) is 0 Å². The first-order valence-electron chi connectivity index (χ1n) is 14.2. The van der Waals surface area contributed by atoms with Gasteiger partial charge in [-0.3, -0.25) is 0 Å². The van der Waals surface area contributed by atoms with Gasteiger partial charge in [0.1, 0.15) is 5.75 Å². The Labute approximate surface area is 257 Å². The van der Waals surface area contributed by atoms with Crippen molar-refractivity contribution in [2.45, 2.75) is 0 Å². The third-order valence-electron chi connectivity index (χ3n) is 7.08. The largest absolute Gasteiger partial charge is 0.423 e. The van der Waals surface area contributed by atoms with Gasteiger partial charge in [0.15, 0.2) is 0 Å². The number of nitrogens with zero attached hydrogens (tertiary/aromatic N) is 3. The summed E-state index contributed by atoms with van der Waals surface area (Å²) in [4.78, 5) is 13.7. The zero-order chi connectivity index (χ0) is 30.1. The molecule has 0 N–H and O–H groups in total. The van der Waals surface area contributed by atoms with Crippen LogP contribution in [0.25, 0.3) is 22.3 Å². The van der Waals surface area contributed by atoms with Crippen LogP contribution >= 0.6 is 0 Å². The average molecular weight is 572 g/mol. The van der Waals surface area contributed by atoms with E-state index in [0.29, 0.717) is 5.75 Å². The van der Waals surface area contributed by atoms with E-state index in [9.17, 15) is 4.79 Å². The maximum Gasteiger partial charge on any atom is 0.335 e. The van der Waals surface area contributed by atoms with Gasteiger partial charge >= 0.3 is 5.97 Å². The fraction of sp³-hybridized carbons (Fsp3) is 0. The van der Waals surface area contributed by atoms with Crippen LogP contribution in [-0.2, 0) is 4.79 Å². The molecule has 212 valence electrons. The van der Waals surface area contributed by atoms with E-state index in [1.807, 2.05) is 60.7 Å². The smallest absolute Gasteiger partial charge is 0.335 e. The van der Waals surface area contributed by atoms with Crippen LogP contribution in [0.1, 0.15) is 0 Å². The standard InChI is InChI=1S/C39H29N3O2/c1-2-39(43)44-38-27-17-32(18-28-38)31-15-23-36(24-16-31)42(35-21-13-30(14-22-35)29-9-5-3-6-10-29)37-25-19-34(20-26-37)41-40-33-11-7-4-8-12-33/h2-28H,1H2. The Morgan fingerprint density at radius 3 is 1.36 bits per heavy atom. The summed E-state index contributed by atoms with van der Waals surface area (Å²) in [6.45, 7) is 3.44. The third-order valence-corrected chi connectivity index (χ3v) is 7.08. The summed E-state index contributed by atoms with van der Waals surface area (Å²) in [6, 6.07) is 52.5. The number of rotatable bonds is 9. The molecule has 0 heterocycles. The van der Waals surface area contributed by atoms with E-state index >= 15 is 0 Å². The molecule has 0 aliphatic heterocycles. The Balaban J connectivity index is 1.30. The van der Waals surface area contributed by atoms with Crippen LogP contribution in [0.2, 0.25) is 0 Å². The van der Waals surface area contributed by atoms with E-state index in [2.05, 4.69) is 107 Å². The maximum absolute atomic E-state index is 11.5. The second-order valence-corrected chi connectivity index (χ2v) is 10.00. The SMILES string of the molecule is C=CC(=O)Oc1ccc(-c2ccc(N(c3ccc(N=Nc4ccccc4)cc3)c3ccc(-c4ccccc4)cc3)cc2)cc1. The molecule has 44 heavy (non-hydrogen) atoms. The molecule has 6 rings (SSSR count). The van der Waals surface area contributed by atoms with Gasteiger partial charge in [0.2, 0.25) is 0 Å². The summed E-state index contributed by atoms with van der Waals surface area (Å²) in [6.07, 6.45) is 1.15. The van der Waals surface area contributed by atoms with Crippen molar-refractivity contribution in [2.24, 2.45) is 10.2 Å². The van der Waals surface area contributed by atoms with E-state index < -0.39 is 5.97 Å². The van der Waals surface area contributed by atoms with E-state index in [4.69, 9.17) is 4.74 Å². The van der Waals surface area contributed by atoms with Crippen molar-refractivity contribution in [3.8, 4) is 28.0 Å². The molecule has 0 amide bonds. The molecule has 0 aromatic heterocycles. The Kier molecular flexibility index (Phi) is 8.47. The predicted octanol–water partition coefficient (Wildman–Crippen LogP) is 11.0. The molecule has 0 atom stereocenters. The number of carbonyl (C=O) groups is 1. The van der Waals surface area contributed by atoms with Gasteiger partial charge in [-0.2, -0.15) is 10.2 Å². The molecule has 5 nitrogen and oxygen atoms in total. The second-order valence-electron chi connectivity index (χ2n) is 10.00. The first-order valence-corrected chi connectivity index (χ1v) is 14.2. The molecule has 0 saturated carbocycles. The van der Waals surface area contributed by atoms with Crippen molar-refractivity contribution < 1.29 is 9.53 Å². The van der Waals surface area contributed by atoms with E-state index in [-0.39, 0.29) is 0 Å². The van der Waals surface area contributed by atoms with Crippen LogP contribution in [0.3, 0.4) is 0 Å². The summed E-state index contributed by atoms with van der Waals surface area (Å²) < 4.78 is 5.21. The number of hydrogen-bond donors (Lipinski definition) is 0. The fourth-order valence-electron chi connectivity index (χ4n) is 4.84. The minimum absolute atomic E-state index is 0.479. The summed E-state index contributed by atoms with van der Waals surface area (Å²) in [5.74, 6) is -0.00145. The van der Waals surface area contributed by atoms with Crippen molar-refractivity contribution in [3.05, 3.63) is 170 Å². The maximum atomic E-state index is 11.5. The van der Waals surface area contributed by atoms with Crippen LogP contribution in [0.5, 0.6) is 5.75 Å². The van der Waals surface area contributed by atoms with Gasteiger partial charge in [-0.15, -0.1) is 0 Å². The Bertz CT molecular complexity index is 1870. The normalized spacial score (nSPS) is 10.8. The minimum atomic E-state index is -0.480. The van der Waals surface area contributed by atoms with Gasteiger partial charge in [-0.05, 0) is 95.1 Å². The molecule has 5 heteroatoms. The summed E-state index contributed by atoms with van der Waals surface area (Å²) in [5.41, 5.74) is 9.02. The fourth-order valence-corrected chi connectivity index (χ4v) is 4.84. The molecule has 0 unspecified atom stereocenters. The molecular weight excluding hydrogens is 542 g/mol. The van der Waals surface area contributed by atoms with Crippen LogP contribution < -0.4 is 9.64 Å². The lowest BCUT2D eigenvalue weighted by atomic mass is 10.0. The van der Waals surface area contributed by atoms with Crippen molar-refractivity contribution >= 4 is 34.4 Å². The Morgan fingerprint density at radius 2 is 0.886 bits per heavy atom. The highest BCUT2D eigenvalue weighted by molar-refractivity contribution is 5.83. The molecule has 6 aromatic carbocycles. The zero-order valence-corrected chi connectivity index (χ0v) is 24.0. The summed E-state index contributed by atoms with van der Waals surface area (Å²) in [5, 5.41) is 8.76. The molecule has 0 bridgehead atoms. The van der Waals surface area contributed by atoms with E-state index in [0.717, 1.165) is 51.2 Å². The average Bonchev–Trinajstić information content (AvgIpc) is 3.10. The highest BCUT2D eigenvalue weighted by Gasteiger charge is 2.14. The molecule has 0 radical (unpaired) electrons. The molecule has 0 spiro atoms. The van der Waals surface area contributed by atoms with E-state index in [1.165, 1.54) is 5.56 Å². The van der Waals surface area contributed by atoms with E-state index in [1.54, 1.807) is 12.1 Å². The van der Waals surface area contributed by atoms with Gasteiger partial charge in [0.05, 0.1) is 11.4 Å². The molecule has 0 fully saturated rings. The topological polar surface area (TPSA) is 54.3 Å². The lowest BCUT2D eigenvalue weighted by Gasteiger charge is -2.26. The summed E-state index contributed by atoms with van der Waals surface area (Å²) in [7, 11) is 0. The number of carbonyl (C=O) groups excluding carboxylic acids is 1. The van der Waals surface area contributed by atoms with Crippen LogP contribution in [0.15, 0.2) is 181 Å². The summed E-state index contributed by atoms with van der Waals surface area (Å²) >= 11 is 0. The van der Waals surface area contributed by atoms with Crippen LogP contribution in [0.4, 0.5) is 28.4 Å². The first kappa shape index (κ1) is 28.1. The quantitative estimate of drug-likeness (QED) is 0.0751. The van der Waals surface area contributed by atoms with Gasteiger partial charge in [0.25, 0.3) is 0 Å². The Hall–Kier alpha value is -6.07. The predicted molar refractivity (Wildman–Crippen MR) is 178 cm³/mol. The zero-order valence-electron chi connectivity index (χ0n) is 24.0. The van der Waals surface area contributed by atoms with Gasteiger partial charge in [-0.25, -0.2) is 4.79 Å². The number of hydrogen-bond acceptors (Lipinski definition) is 5. The number of benzene rings is 6. The third kappa shape index (κ3) is 6.69. The number of esters is 1. The van der Waals surface area contributed by atoms with Crippen molar-refractivity contribution in [3.63, 3.8) is 0 Å². The molecule has 0 saturated heterocycles. The molecular formula is C39H29N3O2. The van der Waals surface area contributed by atoms with Crippen molar-refractivity contribution in [2.75, 3.05) is 4.90 Å². The minimum Gasteiger partial charge on any atom is -0.423 e. The Morgan fingerprint density at radius 1 is 0.500 bits per heavy atom. The van der Waals surface area contributed by atoms with Crippen LogP contribution in [-0.4, -0.2) is 5.97 Å². The monoisotopic (exact) mass is 571 g/mol. The lowest BCUT2D eigenvalue weighted by Crippen LogP contribution is -2.09. The number of anilines is 3. The second kappa shape index (κ2) is 13.3. The molecule has 6 aromatic rings. The highest BCUT2D eigenvalue weighted by atomic mass is 16.5. The van der Waals surface area contributed by atoms with Crippen LogP contribution in [0, 0.1) is 0 Å². The number of azo groups is 1. The first-order chi connectivity index (χ1) is 21.7. The van der Waals surface area contributed by atoms with Crippen molar-refractivity contribution in [1.82, 2.24) is 0 Å². The highest BCUT2D eigenvalue weighted by Crippen LogP contribution is 2.37. The van der Waals surface area contributed by atoms with Gasteiger partial charge in [0, 0.05) is 23.1 Å². The molecule has 0 aliphatic rings. The van der Waals surface area contributed by atoms with Gasteiger partial charge < -0.3 is 9.64 Å². The van der Waals surface area contributed by atoms with Gasteiger partial charge in [-0.1, -0.05) is 91.5 Å². The lowest BCUT2D eigenvalue weighted by molar-refractivity contribution is -0.128.